The first-order chi connectivity index (χ1) is 19.0. The van der Waals surface area contributed by atoms with E-state index in [2.05, 4.69) is 74.7 Å². The predicted octanol–water partition coefficient (Wildman–Crippen LogP) is 5.84. The number of hydrogen-bond acceptors (Lipinski definition) is 4. The Hall–Kier alpha value is -2.38. The Labute approximate surface area is 240 Å². The number of methoxy groups -OCH3 is 1. The van der Waals surface area contributed by atoms with Crippen LogP contribution in [0.1, 0.15) is 67.6 Å². The van der Waals surface area contributed by atoms with Gasteiger partial charge in [0.1, 0.15) is 0 Å². The zero-order chi connectivity index (χ0) is 27.0. The number of benzene rings is 2. The van der Waals surface area contributed by atoms with Gasteiger partial charge in [0.15, 0.2) is 0 Å². The summed E-state index contributed by atoms with van der Waals surface area (Å²) in [6, 6.07) is 17.5. The molecule has 0 radical (unpaired) electrons. The molecule has 208 valence electrons. The zero-order valence-corrected chi connectivity index (χ0v) is 24.5. The number of amides is 2. The lowest BCUT2D eigenvalue weighted by Crippen LogP contribution is -2.58. The number of hydrogen-bond donors (Lipinski definition) is 1. The number of halogens is 1. The van der Waals surface area contributed by atoms with Crippen LogP contribution in [-0.4, -0.2) is 61.1 Å². The van der Waals surface area contributed by atoms with E-state index in [1.807, 2.05) is 0 Å². The summed E-state index contributed by atoms with van der Waals surface area (Å²) in [6.07, 6.45) is 8.00. The Balaban J connectivity index is 1.33. The van der Waals surface area contributed by atoms with E-state index in [9.17, 15) is 9.59 Å². The minimum absolute atomic E-state index is 0.218. The number of nitrogens with one attached hydrogen (secondary N) is 1. The Morgan fingerprint density at radius 1 is 1.05 bits per heavy atom. The van der Waals surface area contributed by atoms with Gasteiger partial charge in [-0.3, -0.25) is 4.79 Å². The summed E-state index contributed by atoms with van der Waals surface area (Å²) in [4.78, 5) is 31.6. The summed E-state index contributed by atoms with van der Waals surface area (Å²) < 4.78 is 6.14. The Morgan fingerprint density at radius 3 is 2.62 bits per heavy atom. The van der Waals surface area contributed by atoms with Gasteiger partial charge in [-0.05, 0) is 66.3 Å². The molecule has 1 saturated carbocycles. The van der Waals surface area contributed by atoms with E-state index in [0.29, 0.717) is 38.0 Å². The molecule has 2 aromatic rings. The van der Waals surface area contributed by atoms with Crippen LogP contribution >= 0.6 is 15.9 Å². The lowest BCUT2D eigenvalue weighted by molar-refractivity contribution is -0.143. The maximum absolute atomic E-state index is 14.7. The number of piperidine rings is 1. The van der Waals surface area contributed by atoms with Crippen molar-refractivity contribution in [2.24, 2.45) is 11.8 Å². The van der Waals surface area contributed by atoms with Gasteiger partial charge in [-0.15, -0.1) is 0 Å². The summed E-state index contributed by atoms with van der Waals surface area (Å²) in [5.74, 6) is 1.12. The van der Waals surface area contributed by atoms with Crippen LogP contribution in [0, 0.1) is 11.8 Å². The van der Waals surface area contributed by atoms with Gasteiger partial charge >= 0.3 is 6.09 Å². The van der Waals surface area contributed by atoms with E-state index in [0.717, 1.165) is 29.4 Å². The average Bonchev–Trinajstić information content (AvgIpc) is 3.40. The van der Waals surface area contributed by atoms with E-state index < -0.39 is 5.41 Å². The Bertz CT molecular complexity index is 1200. The van der Waals surface area contributed by atoms with Crippen molar-refractivity contribution in [2.75, 3.05) is 33.3 Å². The first kappa shape index (κ1) is 26.8. The summed E-state index contributed by atoms with van der Waals surface area (Å²) in [6.45, 7) is 3.11. The number of ether oxygens (including phenoxy) is 1. The maximum Gasteiger partial charge on any atom is 0.409 e. The average molecular weight is 595 g/mol. The molecule has 1 aliphatic carbocycles. The number of likely N-dealkylation sites (tertiary alicyclic amines) is 1. The fourth-order valence-corrected chi connectivity index (χ4v) is 8.53. The van der Waals surface area contributed by atoms with Crippen molar-refractivity contribution >= 4 is 27.9 Å². The van der Waals surface area contributed by atoms with Crippen LogP contribution in [0.4, 0.5) is 4.79 Å². The Morgan fingerprint density at radius 2 is 1.85 bits per heavy atom. The molecular weight excluding hydrogens is 554 g/mol. The van der Waals surface area contributed by atoms with Crippen LogP contribution in [0.15, 0.2) is 53.0 Å². The number of carbonyl (C=O) groups is 2. The molecule has 0 bridgehead atoms. The number of carbonyl (C=O) groups excluding carboxylic acids is 2. The third-order valence-electron chi connectivity index (χ3n) is 10.0. The second-order valence-electron chi connectivity index (χ2n) is 12.1. The van der Waals surface area contributed by atoms with Gasteiger partial charge in [0.2, 0.25) is 5.91 Å². The molecule has 7 heteroatoms. The zero-order valence-electron chi connectivity index (χ0n) is 22.9. The molecule has 2 amide bonds. The van der Waals surface area contributed by atoms with Crippen molar-refractivity contribution in [3.63, 3.8) is 0 Å². The van der Waals surface area contributed by atoms with Crippen LogP contribution in [-0.2, 0) is 21.5 Å². The molecule has 4 aliphatic rings. The molecule has 0 aromatic heterocycles. The summed E-state index contributed by atoms with van der Waals surface area (Å²) >= 11 is 3.62. The number of rotatable bonds is 3. The quantitative estimate of drug-likeness (QED) is 0.485. The van der Waals surface area contributed by atoms with Gasteiger partial charge < -0.3 is 19.9 Å². The molecule has 2 aromatic carbocycles. The smallest absolute Gasteiger partial charge is 0.409 e. The minimum atomic E-state index is -0.465. The van der Waals surface area contributed by atoms with Crippen molar-refractivity contribution in [3.8, 4) is 0 Å². The molecule has 3 aliphatic heterocycles. The lowest BCUT2D eigenvalue weighted by atomic mass is 9.67. The van der Waals surface area contributed by atoms with Gasteiger partial charge in [-0.25, -0.2) is 4.79 Å². The monoisotopic (exact) mass is 593 g/mol. The fourth-order valence-electron chi connectivity index (χ4n) is 8.12. The van der Waals surface area contributed by atoms with Crippen molar-refractivity contribution in [2.45, 2.75) is 68.9 Å². The molecule has 1 N–H and O–H groups in total. The normalized spacial score (nSPS) is 29.3. The third kappa shape index (κ3) is 5.01. The standard InChI is InChI=1S/C32H40BrN3O3/c1-39-31(38)35-19-25-16-26(33)12-13-27(25)32(21-35)20-34-18-28(32)30(37)36-15-14-24(22-8-4-2-5-9-22)17-29(36)23-10-6-3-7-11-23/h2,4-5,8-9,12-13,16,23-24,28-29,34H,3,6-7,10-11,14-15,17-21H2,1H3. The molecule has 1 spiro atoms. The maximum atomic E-state index is 14.7. The van der Waals surface area contributed by atoms with Crippen LogP contribution in [0.5, 0.6) is 0 Å². The molecule has 39 heavy (non-hydrogen) atoms. The van der Waals surface area contributed by atoms with Gasteiger partial charge in [0.05, 0.1) is 13.0 Å². The van der Waals surface area contributed by atoms with Crippen molar-refractivity contribution in [3.05, 3.63) is 69.7 Å². The van der Waals surface area contributed by atoms with Crippen molar-refractivity contribution in [1.82, 2.24) is 15.1 Å². The van der Waals surface area contributed by atoms with Crippen LogP contribution in [0.3, 0.4) is 0 Å². The van der Waals surface area contributed by atoms with E-state index in [4.69, 9.17) is 4.74 Å². The summed E-state index contributed by atoms with van der Waals surface area (Å²) in [7, 11) is 1.44. The van der Waals surface area contributed by atoms with E-state index >= 15 is 0 Å². The molecule has 6 nitrogen and oxygen atoms in total. The van der Waals surface area contributed by atoms with Gasteiger partial charge in [0.25, 0.3) is 0 Å². The van der Waals surface area contributed by atoms with Crippen LogP contribution < -0.4 is 5.32 Å². The first-order valence-corrected chi connectivity index (χ1v) is 15.5. The molecule has 4 unspecified atom stereocenters. The first-order valence-electron chi connectivity index (χ1n) is 14.7. The van der Waals surface area contributed by atoms with Gasteiger partial charge in [-0.2, -0.15) is 0 Å². The molecule has 6 rings (SSSR count). The topological polar surface area (TPSA) is 61.9 Å². The van der Waals surface area contributed by atoms with Crippen molar-refractivity contribution in [1.29, 1.82) is 0 Å². The van der Waals surface area contributed by atoms with E-state index in [1.165, 1.54) is 50.3 Å². The highest BCUT2D eigenvalue weighted by Gasteiger charge is 2.54. The predicted molar refractivity (Wildman–Crippen MR) is 155 cm³/mol. The third-order valence-corrected chi connectivity index (χ3v) is 10.5. The van der Waals surface area contributed by atoms with E-state index in [-0.39, 0.29) is 24.0 Å². The highest BCUT2D eigenvalue weighted by Crippen LogP contribution is 2.46. The largest absolute Gasteiger partial charge is 0.453 e. The molecule has 2 saturated heterocycles. The van der Waals surface area contributed by atoms with Crippen molar-refractivity contribution < 1.29 is 14.3 Å². The fraction of sp³-hybridized carbons (Fsp3) is 0.562. The highest BCUT2D eigenvalue weighted by atomic mass is 79.9. The highest BCUT2D eigenvalue weighted by molar-refractivity contribution is 9.10. The van der Waals surface area contributed by atoms with Gasteiger partial charge in [-0.1, -0.05) is 71.6 Å². The number of nitrogens with zero attached hydrogens (tertiary/aromatic N) is 2. The van der Waals surface area contributed by atoms with E-state index in [1.54, 1.807) is 4.90 Å². The van der Waals surface area contributed by atoms with Crippen LogP contribution in [0.25, 0.3) is 0 Å². The lowest BCUT2D eigenvalue weighted by Gasteiger charge is -2.49. The molecule has 3 fully saturated rings. The second-order valence-corrected chi connectivity index (χ2v) is 13.0. The molecule has 3 heterocycles. The molecule has 4 atom stereocenters. The second kappa shape index (κ2) is 11.2. The summed E-state index contributed by atoms with van der Waals surface area (Å²) in [5, 5.41) is 3.58. The van der Waals surface area contributed by atoms with Gasteiger partial charge in [0, 0.05) is 48.7 Å². The molecular formula is C32H40BrN3O3. The SMILES string of the molecule is COC(=O)N1Cc2cc(Br)ccc2C2(CNCC2C(=O)N2CCC(c3ccccc3)CC2C2CCCCC2)C1. The number of fused-ring (bicyclic) bond motifs is 2. The minimum Gasteiger partial charge on any atom is -0.453 e. The van der Waals surface area contributed by atoms with Crippen LogP contribution in [0.2, 0.25) is 0 Å². The summed E-state index contributed by atoms with van der Waals surface area (Å²) in [5.41, 5.74) is 3.23. The Kier molecular flexibility index (Phi) is 7.73.